The van der Waals surface area contributed by atoms with Crippen molar-refractivity contribution in [2.45, 2.75) is 52.4 Å². The van der Waals surface area contributed by atoms with Crippen LogP contribution < -0.4 is 4.90 Å². The highest BCUT2D eigenvalue weighted by Crippen LogP contribution is 2.47. The summed E-state index contributed by atoms with van der Waals surface area (Å²) in [6.45, 7) is 13.7. The van der Waals surface area contributed by atoms with Gasteiger partial charge in [0.2, 0.25) is 0 Å². The van der Waals surface area contributed by atoms with Gasteiger partial charge in [-0.05, 0) is 125 Å². The van der Waals surface area contributed by atoms with Gasteiger partial charge in [-0.3, -0.25) is 0 Å². The molecule has 0 radical (unpaired) electrons. The van der Waals surface area contributed by atoms with E-state index >= 15 is 0 Å². The first kappa shape index (κ1) is 37.9. The lowest BCUT2D eigenvalue weighted by atomic mass is 9.84. The lowest BCUT2D eigenvalue weighted by molar-refractivity contribution is 0.591. The predicted octanol–water partition coefficient (Wildman–Crippen LogP) is 16.7. The summed E-state index contributed by atoms with van der Waals surface area (Å²) in [5.41, 5.74) is 15.8. The largest absolute Gasteiger partial charge is 0.310 e. The van der Waals surface area contributed by atoms with E-state index in [4.69, 9.17) is 0 Å². The number of para-hydroxylation sites is 1. The van der Waals surface area contributed by atoms with E-state index in [0.29, 0.717) is 0 Å². The van der Waals surface area contributed by atoms with Gasteiger partial charge in [0.1, 0.15) is 0 Å². The van der Waals surface area contributed by atoms with E-state index in [0.717, 1.165) is 17.1 Å². The second-order valence-electron chi connectivity index (χ2n) is 17.9. The summed E-state index contributed by atoms with van der Waals surface area (Å²) in [6.07, 6.45) is 0. The van der Waals surface area contributed by atoms with Crippen molar-refractivity contribution in [1.29, 1.82) is 0 Å². The van der Waals surface area contributed by atoms with Crippen LogP contribution >= 0.6 is 0 Å². The molecule has 0 spiro atoms. The molecule has 0 aliphatic carbocycles. The molecule has 0 N–H and O–H groups in total. The van der Waals surface area contributed by atoms with Crippen LogP contribution in [0.15, 0.2) is 200 Å². The van der Waals surface area contributed by atoms with Crippen molar-refractivity contribution in [3.63, 3.8) is 0 Å². The normalized spacial score (nSPS) is 11.9. The molecular formula is C58H51N. The maximum Gasteiger partial charge on any atom is 0.0546 e. The number of benzene rings is 9. The monoisotopic (exact) mass is 761 g/mol. The van der Waals surface area contributed by atoms with E-state index in [1.54, 1.807) is 0 Å². The number of nitrogens with zero attached hydrogens (tertiary/aromatic N) is 1. The lowest BCUT2D eigenvalue weighted by Gasteiger charge is -2.29. The minimum Gasteiger partial charge on any atom is -0.310 e. The van der Waals surface area contributed by atoms with Gasteiger partial charge in [-0.2, -0.15) is 0 Å². The molecule has 288 valence electrons. The molecule has 9 aromatic carbocycles. The molecule has 59 heavy (non-hydrogen) atoms. The first-order chi connectivity index (χ1) is 28.5. The van der Waals surface area contributed by atoms with Gasteiger partial charge in [0.05, 0.1) is 5.69 Å². The zero-order chi connectivity index (χ0) is 40.7. The summed E-state index contributed by atoms with van der Waals surface area (Å²) in [6, 6.07) is 73.9. The first-order valence-corrected chi connectivity index (χ1v) is 20.8. The summed E-state index contributed by atoms with van der Waals surface area (Å²) in [7, 11) is 0. The summed E-state index contributed by atoms with van der Waals surface area (Å²) in [5, 5.41) is 5.00. The van der Waals surface area contributed by atoms with Crippen LogP contribution in [-0.2, 0) is 10.8 Å². The average Bonchev–Trinajstić information content (AvgIpc) is 3.26. The van der Waals surface area contributed by atoms with Crippen molar-refractivity contribution in [1.82, 2.24) is 0 Å². The van der Waals surface area contributed by atoms with Gasteiger partial charge in [-0.15, -0.1) is 0 Å². The Labute approximate surface area is 350 Å². The van der Waals surface area contributed by atoms with Gasteiger partial charge in [-0.25, -0.2) is 0 Å². The van der Waals surface area contributed by atoms with Crippen LogP contribution in [0.5, 0.6) is 0 Å². The number of hydrogen-bond acceptors (Lipinski definition) is 1. The highest BCUT2D eigenvalue weighted by Gasteiger charge is 2.22. The maximum absolute atomic E-state index is 2.42. The molecule has 9 rings (SSSR count). The SMILES string of the molecule is CC(C)(C)c1ccc2cc(-c3cccc(N(c4ccccc4)c4ccc(-c5ccc(-c6ccccc6)cc5)cc4)c3-c3ccc4cc(C(C)(C)C)ccc4c3)ccc2c1. The fourth-order valence-electron chi connectivity index (χ4n) is 8.31. The fraction of sp³-hybridized carbons (Fsp3) is 0.138. The summed E-state index contributed by atoms with van der Waals surface area (Å²) >= 11 is 0. The van der Waals surface area contributed by atoms with E-state index in [9.17, 15) is 0 Å². The Balaban J connectivity index is 1.20. The molecule has 0 amide bonds. The van der Waals surface area contributed by atoms with Gasteiger partial charge in [-0.1, -0.05) is 199 Å². The van der Waals surface area contributed by atoms with E-state index < -0.39 is 0 Å². The van der Waals surface area contributed by atoms with Crippen LogP contribution in [0.4, 0.5) is 17.1 Å². The number of fused-ring (bicyclic) bond motifs is 2. The van der Waals surface area contributed by atoms with Gasteiger partial charge in [0, 0.05) is 16.9 Å². The molecule has 9 aromatic rings. The Morgan fingerprint density at radius 2 is 0.712 bits per heavy atom. The molecule has 0 heterocycles. The van der Waals surface area contributed by atoms with Crippen molar-refractivity contribution < 1.29 is 0 Å². The molecule has 0 aromatic heterocycles. The van der Waals surface area contributed by atoms with Crippen LogP contribution in [-0.4, -0.2) is 0 Å². The Morgan fingerprint density at radius 3 is 1.25 bits per heavy atom. The molecule has 0 atom stereocenters. The summed E-state index contributed by atoms with van der Waals surface area (Å²) < 4.78 is 0. The summed E-state index contributed by atoms with van der Waals surface area (Å²) in [4.78, 5) is 2.42. The second-order valence-corrected chi connectivity index (χ2v) is 17.9. The van der Waals surface area contributed by atoms with Gasteiger partial charge < -0.3 is 4.90 Å². The van der Waals surface area contributed by atoms with Crippen LogP contribution in [0.3, 0.4) is 0 Å². The van der Waals surface area contributed by atoms with Crippen LogP contribution in [0.1, 0.15) is 52.7 Å². The van der Waals surface area contributed by atoms with Crippen LogP contribution in [0.25, 0.3) is 66.1 Å². The quantitative estimate of drug-likeness (QED) is 0.156. The van der Waals surface area contributed by atoms with Crippen molar-refractivity contribution in [3.8, 4) is 44.5 Å². The highest BCUT2D eigenvalue weighted by atomic mass is 15.1. The Kier molecular flexibility index (Phi) is 9.77. The maximum atomic E-state index is 2.42. The predicted molar refractivity (Wildman–Crippen MR) is 255 cm³/mol. The van der Waals surface area contributed by atoms with Crippen LogP contribution in [0, 0.1) is 0 Å². The van der Waals surface area contributed by atoms with Crippen molar-refractivity contribution in [2.24, 2.45) is 0 Å². The Morgan fingerprint density at radius 1 is 0.305 bits per heavy atom. The van der Waals surface area contributed by atoms with Crippen molar-refractivity contribution in [3.05, 3.63) is 211 Å². The lowest BCUT2D eigenvalue weighted by Crippen LogP contribution is -2.12. The molecule has 0 fully saturated rings. The van der Waals surface area contributed by atoms with Crippen molar-refractivity contribution in [2.75, 3.05) is 4.90 Å². The number of anilines is 3. The molecule has 0 aliphatic heterocycles. The van der Waals surface area contributed by atoms with Gasteiger partial charge >= 0.3 is 0 Å². The Bertz CT molecular complexity index is 2910. The zero-order valence-electron chi connectivity index (χ0n) is 35.0. The highest BCUT2D eigenvalue weighted by molar-refractivity contribution is 6.01. The molecule has 0 aliphatic rings. The standard InChI is InChI=1S/C58H51N/c1-57(2,3)50-32-28-44-36-48(26-24-46(44)38-50)54-18-13-19-55(56(54)49-27-25-47-39-51(58(4,5)6)33-29-45(47)37-49)59(52-16-11-8-12-17-52)53-34-30-43(31-35-53)42-22-20-41(21-23-42)40-14-9-7-10-15-40/h7-39H,1-6H3. The fourth-order valence-corrected chi connectivity index (χ4v) is 8.31. The number of hydrogen-bond donors (Lipinski definition) is 0. The molecule has 0 bridgehead atoms. The van der Waals surface area contributed by atoms with E-state index in [2.05, 4.69) is 247 Å². The minimum absolute atomic E-state index is 0.0771. The van der Waals surface area contributed by atoms with Crippen LogP contribution in [0.2, 0.25) is 0 Å². The second kappa shape index (κ2) is 15.2. The molecule has 1 heteroatoms. The summed E-state index contributed by atoms with van der Waals surface area (Å²) in [5.74, 6) is 0. The van der Waals surface area contributed by atoms with E-state index in [1.165, 1.54) is 77.2 Å². The molecule has 0 saturated carbocycles. The smallest absolute Gasteiger partial charge is 0.0546 e. The minimum atomic E-state index is 0.0771. The zero-order valence-corrected chi connectivity index (χ0v) is 35.0. The molecular weight excluding hydrogens is 711 g/mol. The average molecular weight is 762 g/mol. The third-order valence-electron chi connectivity index (χ3n) is 11.8. The van der Waals surface area contributed by atoms with Crippen molar-refractivity contribution >= 4 is 38.6 Å². The molecule has 0 saturated heterocycles. The van der Waals surface area contributed by atoms with E-state index in [-0.39, 0.29) is 10.8 Å². The Hall–Kier alpha value is -6.70. The molecule has 0 unspecified atom stereocenters. The third-order valence-corrected chi connectivity index (χ3v) is 11.8. The first-order valence-electron chi connectivity index (χ1n) is 20.8. The number of rotatable bonds is 7. The molecule has 1 nitrogen and oxygen atoms in total. The van der Waals surface area contributed by atoms with Gasteiger partial charge in [0.25, 0.3) is 0 Å². The van der Waals surface area contributed by atoms with E-state index in [1.807, 2.05) is 0 Å². The van der Waals surface area contributed by atoms with Gasteiger partial charge in [0.15, 0.2) is 0 Å². The third kappa shape index (κ3) is 7.69. The topological polar surface area (TPSA) is 3.24 Å².